The van der Waals surface area contributed by atoms with Crippen LogP contribution in [0.2, 0.25) is 0 Å². The molecule has 0 saturated carbocycles. The average molecular weight is 187 g/mol. The molecule has 2 rings (SSSR count). The van der Waals surface area contributed by atoms with Gasteiger partial charge >= 0.3 is 0 Å². The molecule has 0 aliphatic carbocycles. The van der Waals surface area contributed by atoms with Crippen LogP contribution in [-0.4, -0.2) is 4.98 Å². The van der Waals surface area contributed by atoms with Crippen molar-refractivity contribution in [2.75, 3.05) is 0 Å². The van der Waals surface area contributed by atoms with Gasteiger partial charge in [0.1, 0.15) is 0 Å². The van der Waals surface area contributed by atoms with E-state index in [-0.39, 0.29) is 5.43 Å². The second-order valence-corrected chi connectivity index (χ2v) is 3.46. The summed E-state index contributed by atoms with van der Waals surface area (Å²) in [7, 11) is 0. The molecule has 0 aliphatic rings. The first-order chi connectivity index (χ1) is 6.74. The molecule has 1 aromatic carbocycles. The number of benzene rings is 1. The van der Waals surface area contributed by atoms with Gasteiger partial charge in [-0.15, -0.1) is 0 Å². The van der Waals surface area contributed by atoms with Crippen LogP contribution < -0.4 is 5.43 Å². The van der Waals surface area contributed by atoms with Crippen molar-refractivity contribution in [1.29, 1.82) is 0 Å². The van der Waals surface area contributed by atoms with Gasteiger partial charge in [0, 0.05) is 22.2 Å². The first kappa shape index (κ1) is 9.00. The van der Waals surface area contributed by atoms with E-state index in [0.29, 0.717) is 0 Å². The van der Waals surface area contributed by atoms with E-state index in [2.05, 4.69) is 4.98 Å². The zero-order valence-electron chi connectivity index (χ0n) is 8.42. The molecular weight excluding hydrogens is 174 g/mol. The summed E-state index contributed by atoms with van der Waals surface area (Å²) in [6.07, 6.45) is 0.867. The Hall–Kier alpha value is -1.57. The first-order valence-electron chi connectivity index (χ1n) is 4.84. The number of pyridine rings is 1. The highest BCUT2D eigenvalue weighted by molar-refractivity contribution is 5.79. The van der Waals surface area contributed by atoms with Gasteiger partial charge in [0.25, 0.3) is 0 Å². The first-order valence-corrected chi connectivity index (χ1v) is 4.84. The third-order valence-corrected chi connectivity index (χ3v) is 2.60. The van der Waals surface area contributed by atoms with Crippen molar-refractivity contribution in [2.24, 2.45) is 0 Å². The number of hydrogen-bond donors (Lipinski definition) is 1. The number of aromatic amines is 1. The predicted molar refractivity (Wildman–Crippen MR) is 58.7 cm³/mol. The fraction of sp³-hybridized carbons (Fsp3) is 0.250. The van der Waals surface area contributed by atoms with Gasteiger partial charge in [0.2, 0.25) is 0 Å². The van der Waals surface area contributed by atoms with Crippen LogP contribution in [0.4, 0.5) is 0 Å². The van der Waals surface area contributed by atoms with Crippen molar-refractivity contribution in [3.8, 4) is 0 Å². The minimum atomic E-state index is 0.149. The Kier molecular flexibility index (Phi) is 2.12. The average Bonchev–Trinajstić information content (AvgIpc) is 2.23. The zero-order valence-corrected chi connectivity index (χ0v) is 8.42. The number of rotatable bonds is 1. The summed E-state index contributed by atoms with van der Waals surface area (Å²) in [5, 5.41) is 0.780. The lowest BCUT2D eigenvalue weighted by molar-refractivity contribution is 1.02. The smallest absolute Gasteiger partial charge is 0.192 e. The molecule has 0 fully saturated rings. The van der Waals surface area contributed by atoms with Gasteiger partial charge in [-0.1, -0.05) is 19.1 Å². The number of hydrogen-bond acceptors (Lipinski definition) is 1. The molecule has 0 unspecified atom stereocenters. The van der Waals surface area contributed by atoms with Crippen LogP contribution >= 0.6 is 0 Å². The number of nitrogens with one attached hydrogen (secondary N) is 1. The predicted octanol–water partition coefficient (Wildman–Crippen LogP) is 2.40. The lowest BCUT2D eigenvalue weighted by Gasteiger charge is -2.05. The maximum Gasteiger partial charge on any atom is 0.192 e. The highest BCUT2D eigenvalue weighted by Crippen LogP contribution is 2.10. The van der Waals surface area contributed by atoms with Crippen molar-refractivity contribution in [1.82, 2.24) is 4.98 Å². The molecule has 0 aliphatic heterocycles. The number of H-pyrrole nitrogens is 1. The molecule has 1 N–H and O–H groups in total. The highest BCUT2D eigenvalue weighted by atomic mass is 16.1. The Bertz CT molecular complexity index is 525. The maximum absolute atomic E-state index is 11.9. The fourth-order valence-corrected chi connectivity index (χ4v) is 1.74. The molecule has 1 aromatic heterocycles. The monoisotopic (exact) mass is 187 g/mol. The van der Waals surface area contributed by atoms with Gasteiger partial charge in [-0.3, -0.25) is 4.79 Å². The summed E-state index contributed by atoms with van der Waals surface area (Å²) >= 11 is 0. The van der Waals surface area contributed by atoms with E-state index in [4.69, 9.17) is 0 Å². The SMILES string of the molecule is CCc1[nH]c2ccccc2c(=O)c1C. The maximum atomic E-state index is 11.9. The lowest BCUT2D eigenvalue weighted by Crippen LogP contribution is -2.10. The number of aromatic nitrogens is 1. The van der Waals surface area contributed by atoms with Gasteiger partial charge in [0.05, 0.1) is 0 Å². The Balaban J connectivity index is 2.92. The molecule has 0 radical (unpaired) electrons. The van der Waals surface area contributed by atoms with Crippen LogP contribution in [0.5, 0.6) is 0 Å². The van der Waals surface area contributed by atoms with E-state index in [1.165, 1.54) is 0 Å². The van der Waals surface area contributed by atoms with E-state index in [1.807, 2.05) is 38.1 Å². The van der Waals surface area contributed by atoms with Gasteiger partial charge in [-0.05, 0) is 25.5 Å². The second-order valence-electron chi connectivity index (χ2n) is 3.46. The van der Waals surface area contributed by atoms with Crippen molar-refractivity contribution in [2.45, 2.75) is 20.3 Å². The van der Waals surface area contributed by atoms with Crippen molar-refractivity contribution in [3.05, 3.63) is 45.7 Å². The molecule has 72 valence electrons. The third-order valence-electron chi connectivity index (χ3n) is 2.60. The van der Waals surface area contributed by atoms with Crippen LogP contribution in [0, 0.1) is 6.92 Å². The second kappa shape index (κ2) is 3.29. The van der Waals surface area contributed by atoms with Gasteiger partial charge in [-0.2, -0.15) is 0 Å². The topological polar surface area (TPSA) is 32.9 Å². The van der Waals surface area contributed by atoms with Gasteiger partial charge in [-0.25, -0.2) is 0 Å². The van der Waals surface area contributed by atoms with Crippen LogP contribution in [0.15, 0.2) is 29.1 Å². The molecular formula is C12H13NO. The van der Waals surface area contributed by atoms with Crippen LogP contribution in [0.3, 0.4) is 0 Å². The summed E-state index contributed by atoms with van der Waals surface area (Å²) in [6.45, 7) is 3.93. The summed E-state index contributed by atoms with van der Waals surface area (Å²) < 4.78 is 0. The molecule has 2 aromatic rings. The van der Waals surface area contributed by atoms with E-state index in [1.54, 1.807) is 0 Å². The summed E-state index contributed by atoms with van der Waals surface area (Å²) in [5.41, 5.74) is 2.95. The standard InChI is InChI=1S/C12H13NO/c1-3-10-8(2)12(14)9-6-4-5-7-11(9)13-10/h4-7H,3H2,1-2H3,(H,13,14). The van der Waals surface area contributed by atoms with Gasteiger partial charge in [0.15, 0.2) is 5.43 Å². The van der Waals surface area contributed by atoms with Crippen LogP contribution in [-0.2, 0) is 6.42 Å². The molecule has 2 heteroatoms. The van der Waals surface area contributed by atoms with Crippen molar-refractivity contribution in [3.63, 3.8) is 0 Å². The molecule has 2 nitrogen and oxygen atoms in total. The Morgan fingerprint density at radius 2 is 2.00 bits per heavy atom. The summed E-state index contributed by atoms with van der Waals surface area (Å²) in [6, 6.07) is 7.63. The van der Waals surface area contributed by atoms with E-state index < -0.39 is 0 Å². The minimum Gasteiger partial charge on any atom is -0.358 e. The normalized spacial score (nSPS) is 10.7. The van der Waals surface area contributed by atoms with Gasteiger partial charge < -0.3 is 4.98 Å². The summed E-state index contributed by atoms with van der Waals surface area (Å²) in [4.78, 5) is 15.2. The molecule has 1 heterocycles. The quantitative estimate of drug-likeness (QED) is 0.730. The number of aryl methyl sites for hydroxylation is 1. The van der Waals surface area contributed by atoms with Crippen LogP contribution in [0.25, 0.3) is 10.9 Å². The highest BCUT2D eigenvalue weighted by Gasteiger charge is 2.05. The van der Waals surface area contributed by atoms with E-state index in [0.717, 1.165) is 28.6 Å². The van der Waals surface area contributed by atoms with E-state index >= 15 is 0 Å². The van der Waals surface area contributed by atoms with E-state index in [9.17, 15) is 4.79 Å². The van der Waals surface area contributed by atoms with Crippen molar-refractivity contribution >= 4 is 10.9 Å². The Labute approximate surface area is 82.6 Å². The fourth-order valence-electron chi connectivity index (χ4n) is 1.74. The number of fused-ring (bicyclic) bond motifs is 1. The Morgan fingerprint density at radius 1 is 1.29 bits per heavy atom. The van der Waals surface area contributed by atoms with Crippen LogP contribution in [0.1, 0.15) is 18.2 Å². The third kappa shape index (κ3) is 1.23. The molecule has 0 atom stereocenters. The molecule has 0 spiro atoms. The lowest BCUT2D eigenvalue weighted by atomic mass is 10.1. The molecule has 0 saturated heterocycles. The Morgan fingerprint density at radius 3 is 2.71 bits per heavy atom. The zero-order chi connectivity index (χ0) is 10.1. The summed E-state index contributed by atoms with van der Waals surface area (Å²) in [5.74, 6) is 0. The molecule has 0 bridgehead atoms. The molecule has 14 heavy (non-hydrogen) atoms. The largest absolute Gasteiger partial charge is 0.358 e. The van der Waals surface area contributed by atoms with Crippen molar-refractivity contribution < 1.29 is 0 Å². The molecule has 0 amide bonds. The minimum absolute atomic E-state index is 0.149. The number of para-hydroxylation sites is 1.